The zero-order valence-electron chi connectivity index (χ0n) is 32.3. The highest BCUT2D eigenvalue weighted by Crippen LogP contribution is 2.43. The van der Waals surface area contributed by atoms with Crippen LogP contribution >= 0.6 is 7.82 Å². The van der Waals surface area contributed by atoms with Gasteiger partial charge in [-0.25, -0.2) is 4.57 Å². The van der Waals surface area contributed by atoms with Gasteiger partial charge in [-0.1, -0.05) is 150 Å². The van der Waals surface area contributed by atoms with Gasteiger partial charge in [-0.2, -0.15) is 0 Å². The Labute approximate surface area is 315 Å². The molecule has 9 nitrogen and oxygen atoms in total. The number of hydrogen-bond acceptors (Lipinski definition) is 8. The minimum absolute atomic E-state index is 0.0385. The minimum Gasteiger partial charge on any atom is -0.462 e. The number of phosphoric ester groups is 1. The van der Waals surface area contributed by atoms with Gasteiger partial charge in [0.05, 0.1) is 13.2 Å². The predicted molar refractivity (Wildman–Crippen MR) is 215 cm³/mol. The lowest BCUT2D eigenvalue weighted by molar-refractivity contribution is -0.161. The lowest BCUT2D eigenvalue weighted by Gasteiger charge is -2.19. The van der Waals surface area contributed by atoms with E-state index in [0.717, 1.165) is 64.2 Å². The first-order valence-corrected chi connectivity index (χ1v) is 21.1. The van der Waals surface area contributed by atoms with Crippen molar-refractivity contribution in [3.8, 4) is 0 Å². The molecular weight excluding hydrogens is 677 g/mol. The molecule has 0 aromatic heterocycles. The smallest absolute Gasteiger partial charge is 0.462 e. The number of hydrogen-bond donors (Lipinski definition) is 2. The summed E-state index contributed by atoms with van der Waals surface area (Å²) in [4.78, 5) is 34.7. The van der Waals surface area contributed by atoms with Gasteiger partial charge in [0.1, 0.15) is 6.61 Å². The second-order valence-electron chi connectivity index (χ2n) is 12.6. The summed E-state index contributed by atoms with van der Waals surface area (Å²) >= 11 is 0. The van der Waals surface area contributed by atoms with Crippen LogP contribution in [-0.2, 0) is 32.7 Å². The lowest BCUT2D eigenvalue weighted by Crippen LogP contribution is -2.29. The van der Waals surface area contributed by atoms with Crippen LogP contribution in [0.3, 0.4) is 0 Å². The zero-order chi connectivity index (χ0) is 38.2. The van der Waals surface area contributed by atoms with Crippen LogP contribution in [0.2, 0.25) is 0 Å². The molecule has 0 aromatic rings. The van der Waals surface area contributed by atoms with Crippen molar-refractivity contribution in [1.29, 1.82) is 0 Å². The highest BCUT2D eigenvalue weighted by atomic mass is 31.2. The molecule has 0 saturated heterocycles. The highest BCUT2D eigenvalue weighted by Gasteiger charge is 2.25. The van der Waals surface area contributed by atoms with Gasteiger partial charge in [-0.3, -0.25) is 18.6 Å². The molecule has 296 valence electrons. The highest BCUT2D eigenvalue weighted by molar-refractivity contribution is 7.47. The molecule has 0 radical (unpaired) electrons. The van der Waals surface area contributed by atoms with E-state index in [1.54, 1.807) is 0 Å². The molecule has 0 fully saturated rings. The molecule has 0 amide bonds. The summed E-state index contributed by atoms with van der Waals surface area (Å²) in [5.41, 5.74) is 5.33. The first-order chi connectivity index (χ1) is 25.3. The summed E-state index contributed by atoms with van der Waals surface area (Å²) in [5.74, 6) is -0.908. The molecular formula is C42H70NO8P. The number of rotatable bonds is 35. The van der Waals surface area contributed by atoms with Gasteiger partial charge in [0.2, 0.25) is 0 Å². The topological polar surface area (TPSA) is 134 Å². The van der Waals surface area contributed by atoms with Crippen LogP contribution in [0.4, 0.5) is 0 Å². The van der Waals surface area contributed by atoms with E-state index in [9.17, 15) is 19.0 Å². The minimum atomic E-state index is -4.39. The molecule has 0 heterocycles. The number of unbranched alkanes of at least 4 members (excludes halogenated alkanes) is 13. The largest absolute Gasteiger partial charge is 0.472 e. The third kappa shape index (κ3) is 37.0. The second-order valence-corrected chi connectivity index (χ2v) is 14.0. The molecule has 0 spiro atoms. The van der Waals surface area contributed by atoms with E-state index in [-0.39, 0.29) is 32.6 Å². The molecule has 0 aliphatic heterocycles. The molecule has 2 unspecified atom stereocenters. The Bertz CT molecular complexity index is 1130. The summed E-state index contributed by atoms with van der Waals surface area (Å²) in [7, 11) is -4.39. The van der Waals surface area contributed by atoms with Crippen LogP contribution in [0.25, 0.3) is 0 Å². The van der Waals surface area contributed by atoms with Crippen LogP contribution in [0, 0.1) is 0 Å². The van der Waals surface area contributed by atoms with Crippen LogP contribution in [-0.4, -0.2) is 49.3 Å². The predicted octanol–water partition coefficient (Wildman–Crippen LogP) is 10.9. The number of phosphoric acid groups is 1. The summed E-state index contributed by atoms with van der Waals surface area (Å²) in [5, 5.41) is 0. The van der Waals surface area contributed by atoms with Gasteiger partial charge in [-0.15, -0.1) is 0 Å². The number of allylic oxidation sites excluding steroid dienone is 14. The van der Waals surface area contributed by atoms with Crippen LogP contribution in [0.15, 0.2) is 85.1 Å². The molecule has 2 atom stereocenters. The average molecular weight is 748 g/mol. The second kappa shape index (κ2) is 37.9. The third-order valence-electron chi connectivity index (χ3n) is 7.67. The number of esters is 2. The van der Waals surface area contributed by atoms with E-state index >= 15 is 0 Å². The Balaban J connectivity index is 4.32. The average Bonchev–Trinajstić information content (AvgIpc) is 3.13. The van der Waals surface area contributed by atoms with E-state index in [2.05, 4.69) is 62.5 Å². The molecule has 0 rings (SSSR count). The first kappa shape index (κ1) is 49.2. The van der Waals surface area contributed by atoms with Crippen molar-refractivity contribution < 1.29 is 37.6 Å². The maximum absolute atomic E-state index is 12.5. The fourth-order valence-electron chi connectivity index (χ4n) is 4.76. The third-order valence-corrected chi connectivity index (χ3v) is 8.66. The monoisotopic (exact) mass is 747 g/mol. The van der Waals surface area contributed by atoms with Crippen LogP contribution in [0.1, 0.15) is 136 Å². The van der Waals surface area contributed by atoms with Gasteiger partial charge < -0.3 is 20.1 Å². The van der Waals surface area contributed by atoms with Crippen molar-refractivity contribution in [1.82, 2.24) is 0 Å². The Morgan fingerprint density at radius 1 is 0.596 bits per heavy atom. The SMILES string of the molecule is CC/C=C/C=C/C=C/C=C/CCCCCC(=O)OC(COC(=O)CCCCCCC/C=C/C=C/C=C/CCCCCCC)COP(=O)(O)OCCN. The molecule has 0 saturated carbocycles. The van der Waals surface area contributed by atoms with Crippen molar-refractivity contribution in [3.05, 3.63) is 85.1 Å². The van der Waals surface area contributed by atoms with Gasteiger partial charge in [0.15, 0.2) is 6.10 Å². The van der Waals surface area contributed by atoms with Crippen LogP contribution in [0.5, 0.6) is 0 Å². The Hall–Kier alpha value is -2.81. The van der Waals surface area contributed by atoms with E-state index < -0.39 is 32.5 Å². The summed E-state index contributed by atoms with van der Waals surface area (Å²) < 4.78 is 32.6. The van der Waals surface area contributed by atoms with E-state index in [1.807, 2.05) is 36.5 Å². The maximum Gasteiger partial charge on any atom is 0.472 e. The standard InChI is InChI=1S/C42H70NO8P/c1-3-5-7-9-11-13-15-17-18-19-20-21-23-24-26-28-30-32-34-41(44)48-38-40(39-50-52(46,47)49-37-36-43)51-42(45)35-33-31-29-27-25-22-16-14-12-10-8-6-4-2/h6,8,10,12,14-22,25,40H,3-5,7,9,11,13,23-24,26-39,43H2,1-2H3,(H,46,47)/b8-6+,12-10+,16-14+,17-15+,19-18+,21-20+,25-22+. The summed E-state index contributed by atoms with van der Waals surface area (Å²) in [6.07, 6.45) is 46.2. The summed E-state index contributed by atoms with van der Waals surface area (Å²) in [6, 6.07) is 0. The number of ether oxygens (including phenoxy) is 2. The Morgan fingerprint density at radius 3 is 1.60 bits per heavy atom. The van der Waals surface area contributed by atoms with Gasteiger partial charge in [-0.05, 0) is 57.8 Å². The van der Waals surface area contributed by atoms with Gasteiger partial charge >= 0.3 is 19.8 Å². The Kier molecular flexibility index (Phi) is 35.9. The van der Waals surface area contributed by atoms with Gasteiger partial charge in [0, 0.05) is 19.4 Å². The van der Waals surface area contributed by atoms with Gasteiger partial charge in [0.25, 0.3) is 0 Å². The molecule has 3 N–H and O–H groups in total. The van der Waals surface area contributed by atoms with E-state index in [1.165, 1.54) is 32.1 Å². The number of carbonyl (C=O) groups excluding carboxylic acids is 2. The molecule has 0 aliphatic rings. The normalized spacial score (nSPS) is 14.3. The lowest BCUT2D eigenvalue weighted by atomic mass is 10.1. The number of nitrogens with two attached hydrogens (primary N) is 1. The quantitative estimate of drug-likeness (QED) is 0.0281. The van der Waals surface area contributed by atoms with E-state index in [0.29, 0.717) is 12.8 Å². The maximum atomic E-state index is 12.5. The molecule has 10 heteroatoms. The fraction of sp³-hybridized carbons (Fsp3) is 0.619. The van der Waals surface area contributed by atoms with Crippen molar-refractivity contribution in [2.45, 2.75) is 142 Å². The van der Waals surface area contributed by atoms with E-state index in [4.69, 9.17) is 24.3 Å². The molecule has 0 bridgehead atoms. The van der Waals surface area contributed by atoms with Crippen molar-refractivity contribution in [3.63, 3.8) is 0 Å². The van der Waals surface area contributed by atoms with Crippen molar-refractivity contribution >= 4 is 19.8 Å². The van der Waals surface area contributed by atoms with Crippen LogP contribution < -0.4 is 5.73 Å². The molecule has 52 heavy (non-hydrogen) atoms. The van der Waals surface area contributed by atoms with Crippen molar-refractivity contribution in [2.24, 2.45) is 5.73 Å². The number of carbonyl (C=O) groups is 2. The molecule has 0 aliphatic carbocycles. The van der Waals surface area contributed by atoms with Crippen molar-refractivity contribution in [2.75, 3.05) is 26.4 Å². The fourth-order valence-corrected chi connectivity index (χ4v) is 5.53. The molecule has 0 aromatic carbocycles. The Morgan fingerprint density at radius 2 is 1.06 bits per heavy atom. The first-order valence-electron chi connectivity index (χ1n) is 19.6. The summed E-state index contributed by atoms with van der Waals surface area (Å²) in [6.45, 7) is 3.47. The zero-order valence-corrected chi connectivity index (χ0v) is 33.1.